The Morgan fingerprint density at radius 1 is 0.967 bits per heavy atom. The summed E-state index contributed by atoms with van der Waals surface area (Å²) in [5, 5.41) is 8.33. The Hall–Kier alpha value is -4.13. The molecular formula is C23H22N4O3. The van der Waals surface area contributed by atoms with E-state index in [1.165, 1.54) is 6.08 Å². The minimum absolute atomic E-state index is 0.276. The van der Waals surface area contributed by atoms with Gasteiger partial charge < -0.3 is 20.7 Å². The van der Waals surface area contributed by atoms with E-state index < -0.39 is 6.03 Å². The van der Waals surface area contributed by atoms with Crippen LogP contribution in [-0.2, 0) is 4.79 Å². The number of urea groups is 1. The molecule has 7 nitrogen and oxygen atoms in total. The van der Waals surface area contributed by atoms with Crippen molar-refractivity contribution in [2.75, 3.05) is 23.1 Å². The Kier molecular flexibility index (Phi) is 6.78. The fourth-order valence-corrected chi connectivity index (χ4v) is 2.62. The van der Waals surface area contributed by atoms with Crippen molar-refractivity contribution in [1.29, 1.82) is 0 Å². The van der Waals surface area contributed by atoms with Gasteiger partial charge in [-0.3, -0.25) is 9.78 Å². The largest absolute Gasteiger partial charge is 0.497 e. The van der Waals surface area contributed by atoms with Crippen molar-refractivity contribution in [3.63, 3.8) is 0 Å². The third-order valence-corrected chi connectivity index (χ3v) is 4.21. The van der Waals surface area contributed by atoms with Gasteiger partial charge in [-0.1, -0.05) is 12.1 Å². The molecule has 0 aliphatic heterocycles. The van der Waals surface area contributed by atoms with Gasteiger partial charge in [0.05, 0.1) is 7.11 Å². The quantitative estimate of drug-likeness (QED) is 0.521. The summed E-state index contributed by atoms with van der Waals surface area (Å²) in [5.74, 6) is 0.430. The Bertz CT molecular complexity index is 1050. The van der Waals surface area contributed by atoms with Gasteiger partial charge in [0, 0.05) is 35.5 Å². The van der Waals surface area contributed by atoms with Gasteiger partial charge in [-0.25, -0.2) is 4.79 Å². The number of carbonyl (C=O) groups is 2. The lowest BCUT2D eigenvalue weighted by atomic mass is 10.1. The summed E-state index contributed by atoms with van der Waals surface area (Å²) < 4.78 is 5.10. The third kappa shape index (κ3) is 5.93. The molecular weight excluding hydrogens is 380 g/mol. The van der Waals surface area contributed by atoms with Crippen LogP contribution in [0.2, 0.25) is 0 Å². The second-order valence-corrected chi connectivity index (χ2v) is 6.45. The van der Waals surface area contributed by atoms with Gasteiger partial charge in [-0.05, 0) is 66.6 Å². The zero-order valence-corrected chi connectivity index (χ0v) is 16.7. The molecule has 0 saturated heterocycles. The maximum atomic E-state index is 12.3. The number of anilines is 3. The third-order valence-electron chi connectivity index (χ3n) is 4.21. The molecule has 7 heteroatoms. The van der Waals surface area contributed by atoms with E-state index in [4.69, 9.17) is 4.74 Å². The van der Waals surface area contributed by atoms with Crippen molar-refractivity contribution in [1.82, 2.24) is 4.98 Å². The van der Waals surface area contributed by atoms with Gasteiger partial charge in [0.1, 0.15) is 5.75 Å². The van der Waals surface area contributed by atoms with Crippen molar-refractivity contribution >= 4 is 35.1 Å². The first-order chi connectivity index (χ1) is 14.5. The Morgan fingerprint density at radius 3 is 2.40 bits per heavy atom. The van der Waals surface area contributed by atoms with E-state index in [0.29, 0.717) is 22.8 Å². The van der Waals surface area contributed by atoms with Crippen LogP contribution in [0.15, 0.2) is 73.1 Å². The number of aryl methyl sites for hydroxylation is 1. The Balaban J connectivity index is 1.61. The second-order valence-electron chi connectivity index (χ2n) is 6.45. The summed E-state index contributed by atoms with van der Waals surface area (Å²) in [6, 6.07) is 15.6. The van der Waals surface area contributed by atoms with Gasteiger partial charge in [0.25, 0.3) is 0 Å². The monoisotopic (exact) mass is 402 g/mol. The molecule has 2 aromatic carbocycles. The maximum absolute atomic E-state index is 12.3. The zero-order valence-electron chi connectivity index (χ0n) is 16.7. The molecule has 0 fully saturated rings. The van der Waals surface area contributed by atoms with Crippen molar-refractivity contribution < 1.29 is 14.3 Å². The van der Waals surface area contributed by atoms with Gasteiger partial charge in [0.2, 0.25) is 5.91 Å². The predicted octanol–water partition coefficient (Wildman–Crippen LogP) is 4.69. The summed E-state index contributed by atoms with van der Waals surface area (Å²) in [6.07, 6.45) is 6.46. The molecule has 0 bridgehead atoms. The lowest BCUT2D eigenvalue weighted by Crippen LogP contribution is -2.19. The molecule has 1 aromatic heterocycles. The summed E-state index contributed by atoms with van der Waals surface area (Å²) in [5.41, 5.74) is 3.50. The van der Waals surface area contributed by atoms with E-state index in [2.05, 4.69) is 20.9 Å². The van der Waals surface area contributed by atoms with E-state index in [1.807, 2.05) is 19.1 Å². The molecule has 30 heavy (non-hydrogen) atoms. The van der Waals surface area contributed by atoms with Crippen LogP contribution in [0, 0.1) is 6.92 Å². The van der Waals surface area contributed by atoms with Crippen LogP contribution in [0.4, 0.5) is 21.9 Å². The molecule has 3 amide bonds. The number of aromatic nitrogens is 1. The molecule has 0 spiro atoms. The normalized spacial score (nSPS) is 10.5. The van der Waals surface area contributed by atoms with Crippen LogP contribution in [0.25, 0.3) is 6.08 Å². The van der Waals surface area contributed by atoms with Gasteiger partial charge >= 0.3 is 6.03 Å². The molecule has 0 radical (unpaired) electrons. The van der Waals surface area contributed by atoms with E-state index in [0.717, 1.165) is 11.1 Å². The van der Waals surface area contributed by atoms with Crippen molar-refractivity contribution in [2.24, 2.45) is 0 Å². The van der Waals surface area contributed by atoms with Crippen molar-refractivity contribution in [3.05, 3.63) is 84.2 Å². The first kappa shape index (κ1) is 20.6. The standard InChI is InChI=1S/C23H22N4O3/c1-16-5-7-19(26-23(29)25-18-8-10-20(30-2)11-9-18)14-21(16)27-22(28)12-6-17-4-3-13-24-15-17/h3-15H,1-2H3,(H,27,28)(H2,25,26,29)/b12-6-. The number of amides is 3. The smallest absolute Gasteiger partial charge is 0.323 e. The topological polar surface area (TPSA) is 92.4 Å². The molecule has 152 valence electrons. The van der Waals surface area contributed by atoms with Crippen molar-refractivity contribution in [2.45, 2.75) is 6.92 Å². The molecule has 3 aromatic rings. The molecule has 0 aliphatic carbocycles. The van der Waals surface area contributed by atoms with Gasteiger partial charge in [-0.2, -0.15) is 0 Å². The molecule has 0 aliphatic rings. The average Bonchev–Trinajstić information content (AvgIpc) is 2.76. The van der Waals surface area contributed by atoms with Crippen molar-refractivity contribution in [3.8, 4) is 5.75 Å². The number of ether oxygens (including phenoxy) is 1. The van der Waals surface area contributed by atoms with E-state index >= 15 is 0 Å². The van der Waals surface area contributed by atoms with Crippen LogP contribution >= 0.6 is 0 Å². The Morgan fingerprint density at radius 2 is 1.70 bits per heavy atom. The number of rotatable bonds is 6. The number of hydrogen-bond donors (Lipinski definition) is 3. The molecule has 1 heterocycles. The van der Waals surface area contributed by atoms with Crippen LogP contribution in [0.3, 0.4) is 0 Å². The first-order valence-corrected chi connectivity index (χ1v) is 9.25. The molecule has 0 unspecified atom stereocenters. The number of hydrogen-bond acceptors (Lipinski definition) is 4. The number of methoxy groups -OCH3 is 1. The van der Waals surface area contributed by atoms with E-state index in [9.17, 15) is 9.59 Å². The summed E-state index contributed by atoms with van der Waals surface area (Å²) in [6.45, 7) is 1.88. The second kappa shape index (κ2) is 9.88. The zero-order chi connectivity index (χ0) is 21.3. The Labute approximate surface area is 174 Å². The number of nitrogens with zero attached hydrogens (tertiary/aromatic N) is 1. The molecule has 3 N–H and O–H groups in total. The fraction of sp³-hybridized carbons (Fsp3) is 0.0870. The highest BCUT2D eigenvalue weighted by atomic mass is 16.5. The number of benzene rings is 2. The van der Waals surface area contributed by atoms with E-state index in [1.54, 1.807) is 68.0 Å². The first-order valence-electron chi connectivity index (χ1n) is 9.25. The van der Waals surface area contributed by atoms with Gasteiger partial charge in [0.15, 0.2) is 0 Å². The fourth-order valence-electron chi connectivity index (χ4n) is 2.62. The van der Waals surface area contributed by atoms with Crippen LogP contribution in [0.5, 0.6) is 5.75 Å². The summed E-state index contributed by atoms with van der Waals surface area (Å²) in [7, 11) is 1.58. The van der Waals surface area contributed by atoms with Crippen LogP contribution < -0.4 is 20.7 Å². The number of pyridine rings is 1. The van der Waals surface area contributed by atoms with Crippen LogP contribution in [0.1, 0.15) is 11.1 Å². The van der Waals surface area contributed by atoms with Crippen LogP contribution in [-0.4, -0.2) is 24.0 Å². The molecule has 3 rings (SSSR count). The molecule has 0 atom stereocenters. The lowest BCUT2D eigenvalue weighted by molar-refractivity contribution is -0.111. The van der Waals surface area contributed by atoms with E-state index in [-0.39, 0.29) is 5.91 Å². The average molecular weight is 402 g/mol. The summed E-state index contributed by atoms with van der Waals surface area (Å²) >= 11 is 0. The molecule has 0 saturated carbocycles. The maximum Gasteiger partial charge on any atom is 0.323 e. The van der Waals surface area contributed by atoms with Gasteiger partial charge in [-0.15, -0.1) is 0 Å². The number of nitrogens with one attached hydrogen (secondary N) is 3. The minimum Gasteiger partial charge on any atom is -0.497 e. The highest BCUT2D eigenvalue weighted by Crippen LogP contribution is 2.21. The minimum atomic E-state index is -0.391. The number of carbonyl (C=O) groups excluding carboxylic acids is 2. The highest BCUT2D eigenvalue weighted by molar-refractivity contribution is 6.03. The summed E-state index contributed by atoms with van der Waals surface area (Å²) in [4.78, 5) is 28.5. The lowest BCUT2D eigenvalue weighted by Gasteiger charge is -2.12. The predicted molar refractivity (Wildman–Crippen MR) is 119 cm³/mol. The highest BCUT2D eigenvalue weighted by Gasteiger charge is 2.07. The SMILES string of the molecule is COc1ccc(NC(=O)Nc2ccc(C)c(NC(=O)/C=C\c3cccnc3)c2)cc1.